The van der Waals surface area contributed by atoms with Crippen molar-refractivity contribution in [1.82, 2.24) is 9.97 Å². The van der Waals surface area contributed by atoms with Gasteiger partial charge in [0, 0.05) is 6.26 Å². The maximum atomic E-state index is 11.3. The number of H-pyrrole nitrogens is 1. The molecule has 0 bridgehead atoms. The number of carbonyl (C=O) groups is 1. The number of hydrogen-bond acceptors (Lipinski definition) is 4. The summed E-state index contributed by atoms with van der Waals surface area (Å²) < 4.78 is 22.5. The van der Waals surface area contributed by atoms with Gasteiger partial charge in [-0.3, -0.25) is 4.79 Å². The highest BCUT2D eigenvalue weighted by atomic mass is 32.2. The third kappa shape index (κ3) is 1.65. The molecule has 3 N–H and O–H groups in total. The summed E-state index contributed by atoms with van der Waals surface area (Å²) in [5, 5.41) is -0.170. The van der Waals surface area contributed by atoms with E-state index in [9.17, 15) is 13.2 Å². The zero-order chi connectivity index (χ0) is 11.9. The second kappa shape index (κ2) is 3.31. The smallest absolute Gasteiger partial charge is 0.250 e. The van der Waals surface area contributed by atoms with Crippen LogP contribution in [0.2, 0.25) is 0 Å². The molecule has 0 aliphatic rings. The van der Waals surface area contributed by atoms with Crippen molar-refractivity contribution in [1.29, 1.82) is 0 Å². The number of carbonyl (C=O) groups excluding carboxylic acids is 1. The molecule has 2 rings (SSSR count). The summed E-state index contributed by atoms with van der Waals surface area (Å²) >= 11 is 0. The van der Waals surface area contributed by atoms with E-state index in [0.29, 0.717) is 5.52 Å². The van der Waals surface area contributed by atoms with Crippen molar-refractivity contribution in [2.45, 2.75) is 5.16 Å². The van der Waals surface area contributed by atoms with E-state index in [-0.39, 0.29) is 16.2 Å². The first-order chi connectivity index (χ1) is 7.39. The first-order valence-corrected chi connectivity index (χ1v) is 6.27. The van der Waals surface area contributed by atoms with Crippen LogP contribution < -0.4 is 5.73 Å². The molecule has 84 valence electrons. The van der Waals surface area contributed by atoms with E-state index < -0.39 is 15.7 Å². The molecule has 0 fully saturated rings. The maximum absolute atomic E-state index is 11.3. The van der Waals surface area contributed by atoms with Crippen LogP contribution in [0.15, 0.2) is 23.4 Å². The Morgan fingerprint density at radius 2 is 2.12 bits per heavy atom. The second-order valence-corrected chi connectivity index (χ2v) is 5.31. The largest absolute Gasteiger partial charge is 0.366 e. The first kappa shape index (κ1) is 10.6. The summed E-state index contributed by atoms with van der Waals surface area (Å²) in [6.45, 7) is 0. The molecule has 6 nitrogen and oxygen atoms in total. The lowest BCUT2D eigenvalue weighted by atomic mass is 10.2. The minimum atomic E-state index is -3.43. The van der Waals surface area contributed by atoms with Gasteiger partial charge in [-0.25, -0.2) is 13.4 Å². The zero-order valence-electron chi connectivity index (χ0n) is 8.39. The Morgan fingerprint density at radius 3 is 2.69 bits per heavy atom. The van der Waals surface area contributed by atoms with Gasteiger partial charge >= 0.3 is 0 Å². The van der Waals surface area contributed by atoms with Gasteiger partial charge < -0.3 is 10.7 Å². The normalized spacial score (nSPS) is 11.8. The van der Waals surface area contributed by atoms with Crippen LogP contribution in [0, 0.1) is 0 Å². The number of primary amides is 1. The lowest BCUT2D eigenvalue weighted by Crippen LogP contribution is -2.11. The monoisotopic (exact) mass is 239 g/mol. The standard InChI is InChI=1S/C9H9N3O3S/c1-16(14,15)9-11-6-4-2-3-5(8(10)13)7(6)12-9/h2-4H,1H3,(H2,10,13)(H,11,12). The number of nitrogens with two attached hydrogens (primary N) is 1. The van der Waals surface area contributed by atoms with E-state index in [4.69, 9.17) is 5.73 Å². The number of imidazole rings is 1. The number of fused-ring (bicyclic) bond motifs is 1. The van der Waals surface area contributed by atoms with Crippen LogP contribution in [0.3, 0.4) is 0 Å². The van der Waals surface area contributed by atoms with Crippen LogP contribution in [0.25, 0.3) is 11.0 Å². The molecule has 1 heterocycles. The van der Waals surface area contributed by atoms with Crippen LogP contribution >= 0.6 is 0 Å². The van der Waals surface area contributed by atoms with Gasteiger partial charge in [0.15, 0.2) is 0 Å². The molecule has 0 unspecified atom stereocenters. The fourth-order valence-electron chi connectivity index (χ4n) is 1.38. The average Bonchev–Trinajstić information content (AvgIpc) is 2.59. The molecule has 0 radical (unpaired) electrons. The lowest BCUT2D eigenvalue weighted by Gasteiger charge is -1.94. The Kier molecular flexibility index (Phi) is 2.20. The van der Waals surface area contributed by atoms with E-state index in [1.165, 1.54) is 6.07 Å². The Bertz CT molecular complexity index is 672. The van der Waals surface area contributed by atoms with E-state index in [1.807, 2.05) is 0 Å². The van der Waals surface area contributed by atoms with Crippen LogP contribution in [0.4, 0.5) is 0 Å². The van der Waals surface area contributed by atoms with Gasteiger partial charge in [0.2, 0.25) is 15.0 Å². The topological polar surface area (TPSA) is 106 Å². The van der Waals surface area contributed by atoms with Crippen molar-refractivity contribution in [2.24, 2.45) is 5.73 Å². The fourth-order valence-corrected chi connectivity index (χ4v) is 1.94. The summed E-state index contributed by atoms with van der Waals surface area (Å²) in [4.78, 5) is 17.6. The fraction of sp³-hybridized carbons (Fsp3) is 0.111. The molecule has 0 aliphatic carbocycles. The molecule has 1 aromatic heterocycles. The molecule has 0 saturated carbocycles. The molecular weight excluding hydrogens is 230 g/mol. The third-order valence-electron chi connectivity index (χ3n) is 2.11. The van der Waals surface area contributed by atoms with E-state index in [0.717, 1.165) is 6.26 Å². The van der Waals surface area contributed by atoms with Crippen LogP contribution in [0.5, 0.6) is 0 Å². The van der Waals surface area contributed by atoms with Crippen LogP contribution in [-0.2, 0) is 9.84 Å². The SMILES string of the molecule is CS(=O)(=O)c1nc2c(C(N)=O)cccc2[nH]1. The van der Waals surface area contributed by atoms with Crippen molar-refractivity contribution < 1.29 is 13.2 Å². The third-order valence-corrected chi connectivity index (χ3v) is 3.00. The molecule has 0 spiro atoms. The van der Waals surface area contributed by atoms with Crippen LogP contribution in [0.1, 0.15) is 10.4 Å². The number of benzene rings is 1. The molecule has 16 heavy (non-hydrogen) atoms. The number of hydrogen-bond donors (Lipinski definition) is 2. The number of rotatable bonds is 2. The molecular formula is C9H9N3O3S. The number of nitrogens with one attached hydrogen (secondary N) is 1. The summed E-state index contributed by atoms with van der Waals surface area (Å²) in [5.41, 5.74) is 6.10. The summed E-state index contributed by atoms with van der Waals surface area (Å²) in [6, 6.07) is 4.73. The number of amides is 1. The molecule has 0 atom stereocenters. The van der Waals surface area contributed by atoms with E-state index in [2.05, 4.69) is 9.97 Å². The molecule has 1 aromatic carbocycles. The van der Waals surface area contributed by atoms with Crippen molar-refractivity contribution >= 4 is 26.8 Å². The van der Waals surface area contributed by atoms with Gasteiger partial charge in [-0.2, -0.15) is 0 Å². The van der Waals surface area contributed by atoms with Gasteiger partial charge in [-0.1, -0.05) is 6.07 Å². The molecule has 7 heteroatoms. The van der Waals surface area contributed by atoms with Gasteiger partial charge in [-0.05, 0) is 12.1 Å². The van der Waals surface area contributed by atoms with Gasteiger partial charge in [0.05, 0.1) is 11.1 Å². The highest BCUT2D eigenvalue weighted by Gasteiger charge is 2.16. The van der Waals surface area contributed by atoms with E-state index in [1.54, 1.807) is 12.1 Å². The predicted molar refractivity (Wildman–Crippen MR) is 57.7 cm³/mol. The Hall–Kier alpha value is -1.89. The summed E-state index contributed by atoms with van der Waals surface area (Å²) in [7, 11) is -3.43. The van der Waals surface area contributed by atoms with Gasteiger partial charge in [0.25, 0.3) is 5.91 Å². The van der Waals surface area contributed by atoms with Crippen molar-refractivity contribution in [3.8, 4) is 0 Å². The number of aromatic amines is 1. The number of aromatic nitrogens is 2. The van der Waals surface area contributed by atoms with Gasteiger partial charge in [-0.15, -0.1) is 0 Å². The molecule has 0 saturated heterocycles. The minimum absolute atomic E-state index is 0.170. The number of sulfone groups is 1. The summed E-state index contributed by atoms with van der Waals surface area (Å²) in [6.07, 6.45) is 1.04. The maximum Gasteiger partial charge on any atom is 0.250 e. The minimum Gasteiger partial charge on any atom is -0.366 e. The quantitative estimate of drug-likeness (QED) is 0.773. The Labute approximate surface area is 91.4 Å². The highest BCUT2D eigenvalue weighted by Crippen LogP contribution is 2.18. The van der Waals surface area contributed by atoms with Crippen molar-refractivity contribution in [3.63, 3.8) is 0 Å². The highest BCUT2D eigenvalue weighted by molar-refractivity contribution is 7.90. The number of para-hydroxylation sites is 1. The van der Waals surface area contributed by atoms with Crippen molar-refractivity contribution in [3.05, 3.63) is 23.8 Å². The first-order valence-electron chi connectivity index (χ1n) is 4.38. The molecule has 0 aliphatic heterocycles. The van der Waals surface area contributed by atoms with E-state index >= 15 is 0 Å². The summed E-state index contributed by atoms with van der Waals surface area (Å²) in [5.74, 6) is -0.642. The lowest BCUT2D eigenvalue weighted by molar-refractivity contribution is 0.100. The van der Waals surface area contributed by atoms with Crippen molar-refractivity contribution in [2.75, 3.05) is 6.26 Å². The molecule has 2 aromatic rings. The van der Waals surface area contributed by atoms with Gasteiger partial charge in [0.1, 0.15) is 5.52 Å². The Morgan fingerprint density at radius 1 is 1.44 bits per heavy atom. The van der Waals surface area contributed by atoms with Crippen LogP contribution in [-0.4, -0.2) is 30.5 Å². The second-order valence-electron chi connectivity index (χ2n) is 3.38. The number of nitrogens with zero attached hydrogens (tertiary/aromatic N) is 1. The molecule has 1 amide bonds. The Balaban J connectivity index is 2.81. The predicted octanol–water partition coefficient (Wildman–Crippen LogP) is 0.0653. The average molecular weight is 239 g/mol. The zero-order valence-corrected chi connectivity index (χ0v) is 9.21.